The molecule has 1 aromatic carbocycles. The van der Waals surface area contributed by atoms with Crippen LogP contribution < -0.4 is 16.0 Å². The van der Waals surface area contributed by atoms with Gasteiger partial charge in [-0.2, -0.15) is 0 Å². The Bertz CT molecular complexity index is 424. The summed E-state index contributed by atoms with van der Waals surface area (Å²) >= 11 is 1.57. The Balaban J connectivity index is 2.42. The first kappa shape index (κ1) is 14.5. The van der Waals surface area contributed by atoms with Crippen molar-refractivity contribution in [2.24, 2.45) is 0 Å². The van der Waals surface area contributed by atoms with Gasteiger partial charge in [0.1, 0.15) is 0 Å². The van der Waals surface area contributed by atoms with Crippen LogP contribution in [0.1, 0.15) is 0 Å². The number of rotatable bonds is 6. The minimum absolute atomic E-state index is 0.107. The van der Waals surface area contributed by atoms with Crippen molar-refractivity contribution in [2.75, 3.05) is 31.7 Å². The second-order valence-corrected chi connectivity index (χ2v) is 4.37. The predicted octanol–water partition coefficient (Wildman–Crippen LogP) is 0.683. The standard InChI is InChI=1S/C12H17N3O2S/c1-13-11(16)7-14-8-12(17)15-9-5-3-4-6-10(9)18-2/h3-6,14H,7-8H2,1-2H3,(H,13,16)(H,15,17). The fourth-order valence-electron chi connectivity index (χ4n) is 1.32. The molecule has 0 unspecified atom stereocenters. The molecule has 1 rings (SSSR count). The molecule has 0 atom stereocenters. The number of thioether (sulfide) groups is 1. The van der Waals surface area contributed by atoms with E-state index >= 15 is 0 Å². The zero-order valence-electron chi connectivity index (χ0n) is 10.4. The lowest BCUT2D eigenvalue weighted by molar-refractivity contribution is -0.119. The zero-order chi connectivity index (χ0) is 13.4. The Morgan fingerprint density at radius 3 is 2.50 bits per heavy atom. The van der Waals surface area contributed by atoms with Gasteiger partial charge in [-0.05, 0) is 18.4 Å². The first-order valence-electron chi connectivity index (χ1n) is 5.51. The molecular formula is C12H17N3O2S. The van der Waals surface area contributed by atoms with Gasteiger partial charge in [-0.3, -0.25) is 14.9 Å². The molecule has 0 bridgehead atoms. The van der Waals surface area contributed by atoms with Crippen molar-refractivity contribution < 1.29 is 9.59 Å². The fourth-order valence-corrected chi connectivity index (χ4v) is 1.87. The van der Waals surface area contributed by atoms with Crippen LogP contribution in [0.5, 0.6) is 0 Å². The number of carbonyl (C=O) groups excluding carboxylic acids is 2. The van der Waals surface area contributed by atoms with Crippen LogP contribution in [-0.2, 0) is 9.59 Å². The summed E-state index contributed by atoms with van der Waals surface area (Å²) in [6.07, 6.45) is 1.95. The van der Waals surface area contributed by atoms with E-state index in [1.54, 1.807) is 18.8 Å². The smallest absolute Gasteiger partial charge is 0.238 e. The maximum atomic E-state index is 11.6. The molecule has 0 spiro atoms. The van der Waals surface area contributed by atoms with E-state index in [4.69, 9.17) is 0 Å². The number of likely N-dealkylation sites (N-methyl/N-ethyl adjacent to an activating group) is 1. The number of carbonyl (C=O) groups is 2. The van der Waals surface area contributed by atoms with Crippen molar-refractivity contribution in [3.05, 3.63) is 24.3 Å². The minimum atomic E-state index is -0.166. The third kappa shape index (κ3) is 4.77. The lowest BCUT2D eigenvalue weighted by Crippen LogP contribution is -2.36. The van der Waals surface area contributed by atoms with Gasteiger partial charge >= 0.3 is 0 Å². The maximum absolute atomic E-state index is 11.6. The quantitative estimate of drug-likeness (QED) is 0.663. The number of nitrogens with one attached hydrogen (secondary N) is 3. The largest absolute Gasteiger partial charge is 0.358 e. The van der Waals surface area contributed by atoms with E-state index in [0.29, 0.717) is 0 Å². The number of benzene rings is 1. The van der Waals surface area contributed by atoms with E-state index in [1.807, 2.05) is 30.5 Å². The lowest BCUT2D eigenvalue weighted by atomic mass is 10.3. The van der Waals surface area contributed by atoms with Crippen molar-refractivity contribution >= 4 is 29.3 Å². The van der Waals surface area contributed by atoms with Crippen LogP contribution in [0.25, 0.3) is 0 Å². The molecule has 0 saturated heterocycles. The van der Waals surface area contributed by atoms with Gasteiger partial charge in [0.25, 0.3) is 0 Å². The number of anilines is 1. The molecule has 0 heterocycles. The average molecular weight is 267 g/mol. The van der Waals surface area contributed by atoms with Gasteiger partial charge in [0.2, 0.25) is 11.8 Å². The molecule has 0 aliphatic carbocycles. The van der Waals surface area contributed by atoms with Crippen LogP contribution in [0.15, 0.2) is 29.2 Å². The molecule has 18 heavy (non-hydrogen) atoms. The highest BCUT2D eigenvalue weighted by Gasteiger charge is 2.06. The van der Waals surface area contributed by atoms with Gasteiger partial charge in [0, 0.05) is 11.9 Å². The van der Waals surface area contributed by atoms with Crippen LogP contribution in [0.3, 0.4) is 0 Å². The Hall–Kier alpha value is -1.53. The second kappa shape index (κ2) is 7.73. The van der Waals surface area contributed by atoms with Crippen LogP contribution in [0, 0.1) is 0 Å². The van der Waals surface area contributed by atoms with Crippen molar-refractivity contribution in [1.82, 2.24) is 10.6 Å². The third-order valence-electron chi connectivity index (χ3n) is 2.23. The summed E-state index contributed by atoms with van der Waals surface area (Å²) in [6.45, 7) is 0.240. The summed E-state index contributed by atoms with van der Waals surface area (Å²) < 4.78 is 0. The Morgan fingerprint density at radius 1 is 1.17 bits per heavy atom. The van der Waals surface area contributed by atoms with Crippen LogP contribution in [0.2, 0.25) is 0 Å². The van der Waals surface area contributed by atoms with Gasteiger partial charge in [0.15, 0.2) is 0 Å². The average Bonchev–Trinajstić information content (AvgIpc) is 2.39. The van der Waals surface area contributed by atoms with Gasteiger partial charge in [-0.25, -0.2) is 0 Å². The topological polar surface area (TPSA) is 70.2 Å². The molecule has 0 radical (unpaired) electrons. The lowest BCUT2D eigenvalue weighted by Gasteiger charge is -2.09. The number of para-hydroxylation sites is 1. The molecule has 5 nitrogen and oxygen atoms in total. The van der Waals surface area contributed by atoms with Crippen LogP contribution in [0.4, 0.5) is 5.69 Å². The summed E-state index contributed by atoms with van der Waals surface area (Å²) in [5, 5.41) is 8.03. The van der Waals surface area contributed by atoms with E-state index in [-0.39, 0.29) is 24.9 Å². The molecule has 6 heteroatoms. The number of amides is 2. The van der Waals surface area contributed by atoms with Crippen molar-refractivity contribution in [3.63, 3.8) is 0 Å². The van der Waals surface area contributed by atoms with E-state index in [0.717, 1.165) is 10.6 Å². The molecule has 0 aliphatic heterocycles. The second-order valence-electron chi connectivity index (χ2n) is 3.53. The highest BCUT2D eigenvalue weighted by molar-refractivity contribution is 7.98. The van der Waals surface area contributed by atoms with Crippen LogP contribution in [-0.4, -0.2) is 38.2 Å². The molecule has 0 aromatic heterocycles. The van der Waals surface area contributed by atoms with Gasteiger partial charge in [-0.15, -0.1) is 11.8 Å². The summed E-state index contributed by atoms with van der Waals surface area (Å²) in [5.74, 6) is -0.312. The Kier molecular flexibility index (Phi) is 6.24. The molecule has 3 N–H and O–H groups in total. The molecule has 0 aliphatic rings. The predicted molar refractivity (Wildman–Crippen MR) is 73.8 cm³/mol. The highest BCUT2D eigenvalue weighted by Crippen LogP contribution is 2.24. The molecule has 0 fully saturated rings. The molecule has 0 saturated carbocycles. The minimum Gasteiger partial charge on any atom is -0.358 e. The number of hydrogen-bond donors (Lipinski definition) is 3. The summed E-state index contributed by atoms with van der Waals surface area (Å²) in [7, 11) is 1.55. The summed E-state index contributed by atoms with van der Waals surface area (Å²) in [5.41, 5.74) is 0.789. The molecular weight excluding hydrogens is 250 g/mol. The van der Waals surface area contributed by atoms with Gasteiger partial charge in [-0.1, -0.05) is 12.1 Å². The van der Waals surface area contributed by atoms with E-state index in [1.165, 1.54) is 0 Å². The first-order chi connectivity index (χ1) is 8.67. The normalized spacial score (nSPS) is 9.89. The van der Waals surface area contributed by atoms with Crippen molar-refractivity contribution in [2.45, 2.75) is 4.90 Å². The third-order valence-corrected chi connectivity index (χ3v) is 3.03. The fraction of sp³-hybridized carbons (Fsp3) is 0.333. The Morgan fingerprint density at radius 2 is 1.83 bits per heavy atom. The summed E-state index contributed by atoms with van der Waals surface area (Å²) in [4.78, 5) is 23.6. The van der Waals surface area contributed by atoms with E-state index in [9.17, 15) is 9.59 Å². The van der Waals surface area contributed by atoms with Gasteiger partial charge < -0.3 is 10.6 Å². The first-order valence-corrected chi connectivity index (χ1v) is 6.74. The van der Waals surface area contributed by atoms with Crippen molar-refractivity contribution in [1.29, 1.82) is 0 Å². The zero-order valence-corrected chi connectivity index (χ0v) is 11.3. The Labute approximate surface area is 111 Å². The highest BCUT2D eigenvalue weighted by atomic mass is 32.2. The SMILES string of the molecule is CNC(=O)CNCC(=O)Nc1ccccc1SC. The van der Waals surface area contributed by atoms with Crippen molar-refractivity contribution in [3.8, 4) is 0 Å². The van der Waals surface area contributed by atoms with E-state index in [2.05, 4.69) is 16.0 Å². The van der Waals surface area contributed by atoms with Gasteiger partial charge in [0.05, 0.1) is 18.8 Å². The molecule has 2 amide bonds. The maximum Gasteiger partial charge on any atom is 0.238 e. The monoisotopic (exact) mass is 267 g/mol. The van der Waals surface area contributed by atoms with E-state index < -0.39 is 0 Å². The summed E-state index contributed by atoms with van der Waals surface area (Å²) in [6, 6.07) is 7.58. The number of hydrogen-bond acceptors (Lipinski definition) is 4. The molecule has 1 aromatic rings. The van der Waals surface area contributed by atoms with Crippen LogP contribution >= 0.6 is 11.8 Å². The molecule has 98 valence electrons.